The highest BCUT2D eigenvalue weighted by Gasteiger charge is 2.31. The number of hydrogen-bond acceptors (Lipinski definition) is 6. The van der Waals surface area contributed by atoms with Crippen LogP contribution in [0.15, 0.2) is 72.9 Å². The predicted octanol–water partition coefficient (Wildman–Crippen LogP) is 7.22. The highest BCUT2D eigenvalue weighted by atomic mass is 16.6. The van der Waals surface area contributed by atoms with Crippen molar-refractivity contribution in [3.8, 4) is 11.1 Å². The summed E-state index contributed by atoms with van der Waals surface area (Å²) in [5.41, 5.74) is 6.05. The van der Waals surface area contributed by atoms with Gasteiger partial charge >= 0.3 is 6.09 Å². The molecule has 1 aliphatic carbocycles. The monoisotopic (exact) mass is 564 g/mol. The normalized spacial score (nSPS) is 15.4. The van der Waals surface area contributed by atoms with E-state index >= 15 is 0 Å². The van der Waals surface area contributed by atoms with E-state index in [0.717, 1.165) is 61.2 Å². The minimum Gasteiger partial charge on any atom is -0.444 e. The molecule has 0 unspecified atom stereocenters. The van der Waals surface area contributed by atoms with Crippen molar-refractivity contribution in [2.24, 2.45) is 0 Å². The fourth-order valence-corrected chi connectivity index (χ4v) is 5.37. The number of carbonyl (C=O) groups is 2. The van der Waals surface area contributed by atoms with Crippen molar-refractivity contribution in [1.82, 2.24) is 4.98 Å². The number of nitrogens with one attached hydrogen (secondary N) is 2. The van der Waals surface area contributed by atoms with E-state index in [1.807, 2.05) is 48.5 Å². The van der Waals surface area contributed by atoms with Crippen LogP contribution in [-0.2, 0) is 9.47 Å². The molecule has 0 atom stereocenters. The Hall–Kier alpha value is -4.43. The first-order valence-corrected chi connectivity index (χ1v) is 14.5. The Labute approximate surface area is 246 Å². The van der Waals surface area contributed by atoms with E-state index in [1.165, 1.54) is 11.3 Å². The number of rotatable bonds is 6. The second-order valence-electron chi connectivity index (χ2n) is 11.9. The molecule has 2 N–H and O–H groups in total. The Morgan fingerprint density at radius 1 is 0.905 bits per heavy atom. The molecular weight excluding hydrogens is 528 g/mol. The number of morpholine rings is 1. The van der Waals surface area contributed by atoms with E-state index in [0.29, 0.717) is 22.9 Å². The van der Waals surface area contributed by atoms with Gasteiger partial charge in [0.05, 0.1) is 35.7 Å². The molecule has 0 spiro atoms. The van der Waals surface area contributed by atoms with Gasteiger partial charge in [-0.3, -0.25) is 15.1 Å². The molecule has 1 saturated carbocycles. The van der Waals surface area contributed by atoms with Crippen LogP contribution in [0.25, 0.3) is 22.0 Å². The quantitative estimate of drug-likeness (QED) is 0.257. The fraction of sp³-hybridized carbons (Fsp3) is 0.324. The molecule has 0 bridgehead atoms. The van der Waals surface area contributed by atoms with Gasteiger partial charge in [0.15, 0.2) is 0 Å². The van der Waals surface area contributed by atoms with E-state index in [2.05, 4.69) is 27.7 Å². The topological polar surface area (TPSA) is 92.8 Å². The summed E-state index contributed by atoms with van der Waals surface area (Å²) >= 11 is 0. The highest BCUT2D eigenvalue weighted by molar-refractivity contribution is 6.09. The first-order valence-electron chi connectivity index (χ1n) is 14.5. The van der Waals surface area contributed by atoms with Crippen molar-refractivity contribution in [3.05, 3.63) is 84.1 Å². The third kappa shape index (κ3) is 6.24. The van der Waals surface area contributed by atoms with Crippen molar-refractivity contribution in [2.45, 2.75) is 45.1 Å². The van der Waals surface area contributed by atoms with Crippen LogP contribution < -0.4 is 15.5 Å². The average molecular weight is 565 g/mol. The summed E-state index contributed by atoms with van der Waals surface area (Å²) in [6, 6.07) is 21.5. The van der Waals surface area contributed by atoms with Gasteiger partial charge in [0.1, 0.15) is 5.60 Å². The van der Waals surface area contributed by atoms with Crippen molar-refractivity contribution in [1.29, 1.82) is 0 Å². The summed E-state index contributed by atoms with van der Waals surface area (Å²) in [7, 11) is 0. The molecule has 1 saturated heterocycles. The molecule has 42 heavy (non-hydrogen) atoms. The van der Waals surface area contributed by atoms with Crippen molar-refractivity contribution >= 4 is 40.0 Å². The summed E-state index contributed by atoms with van der Waals surface area (Å²) in [5, 5.41) is 6.74. The van der Waals surface area contributed by atoms with E-state index in [9.17, 15) is 9.59 Å². The minimum absolute atomic E-state index is 0.313. The molecule has 0 radical (unpaired) electrons. The Balaban J connectivity index is 1.31. The van der Waals surface area contributed by atoms with Crippen LogP contribution in [0.1, 0.15) is 55.5 Å². The van der Waals surface area contributed by atoms with Crippen LogP contribution in [0.4, 0.5) is 21.9 Å². The molecule has 2 heterocycles. The Bertz CT molecular complexity index is 1620. The smallest absolute Gasteiger partial charge is 0.412 e. The SMILES string of the molecule is CC(C)(C)OC(=O)Nc1ccc(-c2ccccc2)cc1NC(=O)c1cnc2c(C3CC3)c(N3CCOCC3)ccc2c1. The molecule has 2 fully saturated rings. The van der Waals surface area contributed by atoms with Crippen LogP contribution in [0.3, 0.4) is 0 Å². The molecular formula is C34H36N4O4. The summed E-state index contributed by atoms with van der Waals surface area (Å²) in [6.07, 6.45) is 3.37. The van der Waals surface area contributed by atoms with Gasteiger partial charge in [0.25, 0.3) is 5.91 Å². The van der Waals surface area contributed by atoms with Crippen molar-refractivity contribution in [3.63, 3.8) is 0 Å². The van der Waals surface area contributed by atoms with Crippen LogP contribution in [0.2, 0.25) is 0 Å². The van der Waals surface area contributed by atoms with E-state index < -0.39 is 11.7 Å². The number of benzene rings is 3. The van der Waals surface area contributed by atoms with Gasteiger partial charge in [0.2, 0.25) is 0 Å². The second-order valence-corrected chi connectivity index (χ2v) is 11.9. The second kappa shape index (κ2) is 11.4. The van der Waals surface area contributed by atoms with Gasteiger partial charge in [-0.2, -0.15) is 0 Å². The lowest BCUT2D eigenvalue weighted by atomic mass is 10.0. The maximum absolute atomic E-state index is 13.6. The first-order chi connectivity index (χ1) is 20.2. The summed E-state index contributed by atoms with van der Waals surface area (Å²) in [6.45, 7) is 8.60. The Kier molecular flexibility index (Phi) is 7.56. The first kappa shape index (κ1) is 27.7. The third-order valence-electron chi connectivity index (χ3n) is 7.48. The predicted molar refractivity (Wildman–Crippen MR) is 166 cm³/mol. The van der Waals surface area contributed by atoms with Gasteiger partial charge in [-0.25, -0.2) is 4.79 Å². The number of amides is 2. The number of pyridine rings is 1. The fourth-order valence-electron chi connectivity index (χ4n) is 5.37. The number of nitrogens with zero attached hydrogens (tertiary/aromatic N) is 2. The Morgan fingerprint density at radius 2 is 1.67 bits per heavy atom. The van der Waals surface area contributed by atoms with E-state index in [4.69, 9.17) is 14.5 Å². The number of aromatic nitrogens is 1. The van der Waals surface area contributed by atoms with Crippen molar-refractivity contribution in [2.75, 3.05) is 41.8 Å². The number of hydrogen-bond donors (Lipinski definition) is 2. The minimum atomic E-state index is -0.658. The molecule has 3 aromatic carbocycles. The van der Waals surface area contributed by atoms with E-state index in [-0.39, 0.29) is 5.91 Å². The Morgan fingerprint density at radius 3 is 2.38 bits per heavy atom. The molecule has 1 aromatic heterocycles. The molecule has 4 aromatic rings. The maximum atomic E-state index is 13.6. The maximum Gasteiger partial charge on any atom is 0.412 e. The molecule has 8 nitrogen and oxygen atoms in total. The van der Waals surface area contributed by atoms with Crippen LogP contribution in [0, 0.1) is 0 Å². The van der Waals surface area contributed by atoms with Gasteiger partial charge in [-0.1, -0.05) is 42.5 Å². The zero-order valence-electron chi connectivity index (χ0n) is 24.3. The molecule has 8 heteroatoms. The highest BCUT2D eigenvalue weighted by Crippen LogP contribution is 2.47. The van der Waals surface area contributed by atoms with Gasteiger partial charge in [-0.05, 0) is 74.9 Å². The van der Waals surface area contributed by atoms with Gasteiger partial charge < -0.3 is 19.7 Å². The summed E-state index contributed by atoms with van der Waals surface area (Å²) in [4.78, 5) is 33.4. The van der Waals surface area contributed by atoms with Crippen LogP contribution in [-0.4, -0.2) is 48.9 Å². The summed E-state index contributed by atoms with van der Waals surface area (Å²) < 4.78 is 11.0. The van der Waals surface area contributed by atoms with Gasteiger partial charge in [0, 0.05) is 35.9 Å². The lowest BCUT2D eigenvalue weighted by Crippen LogP contribution is -2.36. The standard InChI is InChI=1S/C34H36N4O4/c1-34(2,3)42-33(40)37-27-13-11-24(22-7-5-4-6-8-22)20-28(27)36-32(39)26-19-25-12-14-29(38-15-17-41-18-16-38)30(23-9-10-23)31(25)35-21-26/h4-8,11-14,19-21,23H,9-10,15-18H2,1-3H3,(H,36,39)(H,37,40). The lowest BCUT2D eigenvalue weighted by molar-refractivity contribution is 0.0635. The van der Waals surface area contributed by atoms with Gasteiger partial charge in [-0.15, -0.1) is 0 Å². The molecule has 216 valence electrons. The largest absolute Gasteiger partial charge is 0.444 e. The van der Waals surface area contributed by atoms with Crippen LogP contribution >= 0.6 is 0 Å². The average Bonchev–Trinajstić information content (AvgIpc) is 3.82. The summed E-state index contributed by atoms with van der Waals surface area (Å²) in [5.74, 6) is 0.188. The third-order valence-corrected chi connectivity index (χ3v) is 7.48. The number of anilines is 3. The number of carbonyl (C=O) groups excluding carboxylic acids is 2. The number of fused-ring (bicyclic) bond motifs is 1. The molecule has 2 amide bonds. The molecule has 6 rings (SSSR count). The lowest BCUT2D eigenvalue weighted by Gasteiger charge is -2.31. The number of ether oxygens (including phenoxy) is 2. The van der Waals surface area contributed by atoms with E-state index in [1.54, 1.807) is 33.0 Å². The molecule has 1 aliphatic heterocycles. The zero-order valence-corrected chi connectivity index (χ0v) is 24.3. The zero-order chi connectivity index (χ0) is 29.3. The van der Waals surface area contributed by atoms with Crippen molar-refractivity contribution < 1.29 is 19.1 Å². The molecule has 2 aliphatic rings. The van der Waals surface area contributed by atoms with Crippen LogP contribution in [0.5, 0.6) is 0 Å².